The number of Topliss-reactive ketones (excluding diaryl/α,β-unsaturated/α-hetero) is 1. The second-order valence-corrected chi connectivity index (χ2v) is 7.96. The van der Waals surface area contributed by atoms with Gasteiger partial charge in [-0.1, -0.05) is 24.3 Å². The van der Waals surface area contributed by atoms with E-state index in [-0.39, 0.29) is 11.8 Å². The molecule has 2 aromatic carbocycles. The van der Waals surface area contributed by atoms with Gasteiger partial charge >= 0.3 is 0 Å². The largest absolute Gasteiger partial charge is 0.497 e. The van der Waals surface area contributed by atoms with Crippen LogP contribution in [-0.2, 0) is 4.74 Å². The fraction of sp³-hybridized carbons (Fsp3) is 0.480. The van der Waals surface area contributed by atoms with Crippen LogP contribution in [0.4, 0.5) is 0 Å². The lowest BCUT2D eigenvalue weighted by Crippen LogP contribution is -2.38. The molecule has 1 aliphatic rings. The summed E-state index contributed by atoms with van der Waals surface area (Å²) in [4.78, 5) is 14.9. The normalized spacial score (nSPS) is 16.3. The molecule has 1 heterocycles. The van der Waals surface area contributed by atoms with Gasteiger partial charge < -0.3 is 24.6 Å². The van der Waals surface area contributed by atoms with E-state index < -0.39 is 6.10 Å². The van der Waals surface area contributed by atoms with Crippen LogP contribution in [0.2, 0.25) is 0 Å². The van der Waals surface area contributed by atoms with Crippen LogP contribution >= 0.6 is 0 Å². The van der Waals surface area contributed by atoms with Gasteiger partial charge in [0.05, 0.1) is 26.4 Å². The molecule has 7 nitrogen and oxygen atoms in total. The van der Waals surface area contributed by atoms with Gasteiger partial charge in [0, 0.05) is 44.2 Å². The summed E-state index contributed by atoms with van der Waals surface area (Å²) in [6.45, 7) is 7.22. The number of ketones is 1. The average molecular weight is 443 g/mol. The summed E-state index contributed by atoms with van der Waals surface area (Å²) in [5.74, 6) is 1.50. The van der Waals surface area contributed by atoms with Crippen molar-refractivity contribution in [1.29, 1.82) is 0 Å². The molecule has 1 fully saturated rings. The first-order valence-electron chi connectivity index (χ1n) is 11.2. The molecule has 1 aliphatic heterocycles. The lowest BCUT2D eigenvalue weighted by molar-refractivity contribution is 0.0322. The number of aliphatic hydroxyl groups excluding tert-OH is 1. The second kappa shape index (κ2) is 12.6. The molecule has 2 atom stereocenters. The molecular formula is C25H34N2O5. The Morgan fingerprint density at radius 2 is 1.91 bits per heavy atom. The molecule has 0 aromatic heterocycles. The fourth-order valence-corrected chi connectivity index (χ4v) is 3.64. The Balaban J connectivity index is 1.41. The average Bonchev–Trinajstić information content (AvgIpc) is 2.84. The van der Waals surface area contributed by atoms with Crippen molar-refractivity contribution in [3.05, 3.63) is 59.7 Å². The SMILES string of the molecule is COc1ccc(C(O)C(C)NCCC(=O)c2cccc(OCCN3CCOCC3)c2)cc1. The fourth-order valence-electron chi connectivity index (χ4n) is 3.64. The van der Waals surface area contributed by atoms with Gasteiger partial charge in [0.2, 0.25) is 0 Å². The van der Waals surface area contributed by atoms with Crippen molar-refractivity contribution < 1.29 is 24.1 Å². The smallest absolute Gasteiger partial charge is 0.164 e. The van der Waals surface area contributed by atoms with E-state index in [1.54, 1.807) is 13.2 Å². The number of hydrogen-bond donors (Lipinski definition) is 2. The molecule has 0 aliphatic carbocycles. The molecule has 32 heavy (non-hydrogen) atoms. The molecule has 7 heteroatoms. The number of methoxy groups -OCH3 is 1. The first-order valence-corrected chi connectivity index (χ1v) is 11.2. The van der Waals surface area contributed by atoms with Gasteiger partial charge in [0.1, 0.15) is 18.1 Å². The molecule has 2 N–H and O–H groups in total. The molecule has 0 bridgehead atoms. The Hall–Kier alpha value is -2.45. The van der Waals surface area contributed by atoms with E-state index in [0.29, 0.717) is 30.9 Å². The van der Waals surface area contributed by atoms with Crippen LogP contribution in [0.3, 0.4) is 0 Å². The Kier molecular flexibility index (Phi) is 9.49. The second-order valence-electron chi connectivity index (χ2n) is 7.96. The van der Waals surface area contributed by atoms with Gasteiger partial charge in [-0.15, -0.1) is 0 Å². The minimum Gasteiger partial charge on any atom is -0.497 e. The third kappa shape index (κ3) is 7.31. The van der Waals surface area contributed by atoms with Crippen molar-refractivity contribution in [1.82, 2.24) is 10.2 Å². The van der Waals surface area contributed by atoms with Crippen LogP contribution in [0.1, 0.15) is 35.4 Å². The number of hydrogen-bond acceptors (Lipinski definition) is 7. The number of carbonyl (C=O) groups excluding carboxylic acids is 1. The highest BCUT2D eigenvalue weighted by atomic mass is 16.5. The molecule has 0 saturated carbocycles. The summed E-state index contributed by atoms with van der Waals surface area (Å²) in [5, 5.41) is 13.8. The van der Waals surface area contributed by atoms with E-state index in [0.717, 1.165) is 44.2 Å². The number of morpholine rings is 1. The zero-order valence-electron chi connectivity index (χ0n) is 19.0. The lowest BCUT2D eigenvalue weighted by atomic mass is 10.0. The van der Waals surface area contributed by atoms with Crippen LogP contribution in [0.25, 0.3) is 0 Å². The number of aliphatic hydroxyl groups is 1. The Morgan fingerprint density at radius 1 is 1.16 bits per heavy atom. The minimum absolute atomic E-state index is 0.0438. The molecule has 3 rings (SSSR count). The molecular weight excluding hydrogens is 408 g/mol. The summed E-state index contributed by atoms with van der Waals surface area (Å²) >= 11 is 0. The minimum atomic E-state index is -0.667. The topological polar surface area (TPSA) is 80.3 Å². The number of carbonyl (C=O) groups is 1. The highest BCUT2D eigenvalue weighted by Crippen LogP contribution is 2.20. The summed E-state index contributed by atoms with van der Waals surface area (Å²) in [5.41, 5.74) is 1.44. The van der Waals surface area contributed by atoms with Gasteiger partial charge in [0.15, 0.2) is 5.78 Å². The standard InChI is InChI=1S/C25H34N2O5/c1-19(25(29)20-6-8-22(30-2)9-7-20)26-11-10-24(28)21-4-3-5-23(18-21)32-17-14-27-12-15-31-16-13-27/h3-9,18-19,25-26,29H,10-17H2,1-2H3. The summed E-state index contributed by atoms with van der Waals surface area (Å²) < 4.78 is 16.4. The third-order valence-corrected chi connectivity index (χ3v) is 5.69. The molecule has 0 spiro atoms. The van der Waals surface area contributed by atoms with Crippen molar-refractivity contribution in [3.63, 3.8) is 0 Å². The molecule has 2 aromatic rings. The molecule has 0 radical (unpaired) electrons. The number of ether oxygens (including phenoxy) is 3. The summed E-state index contributed by atoms with van der Waals surface area (Å²) in [6.07, 6.45) is -0.323. The predicted octanol–water partition coefficient (Wildman–Crippen LogP) is 2.69. The van der Waals surface area contributed by atoms with Crippen LogP contribution < -0.4 is 14.8 Å². The van der Waals surface area contributed by atoms with Crippen LogP contribution in [0.15, 0.2) is 48.5 Å². The van der Waals surface area contributed by atoms with E-state index >= 15 is 0 Å². The highest BCUT2D eigenvalue weighted by Gasteiger charge is 2.17. The van der Waals surface area contributed by atoms with Crippen molar-refractivity contribution in [2.45, 2.75) is 25.5 Å². The maximum absolute atomic E-state index is 12.6. The number of benzene rings is 2. The van der Waals surface area contributed by atoms with E-state index in [9.17, 15) is 9.90 Å². The number of nitrogens with one attached hydrogen (secondary N) is 1. The Labute approximate surface area is 190 Å². The van der Waals surface area contributed by atoms with Gasteiger partial charge in [-0.05, 0) is 36.8 Å². The first kappa shape index (κ1) is 24.2. The highest BCUT2D eigenvalue weighted by molar-refractivity contribution is 5.96. The van der Waals surface area contributed by atoms with Crippen molar-refractivity contribution in [2.75, 3.05) is 53.1 Å². The van der Waals surface area contributed by atoms with Gasteiger partial charge in [-0.3, -0.25) is 9.69 Å². The third-order valence-electron chi connectivity index (χ3n) is 5.69. The van der Waals surface area contributed by atoms with Crippen molar-refractivity contribution in [3.8, 4) is 11.5 Å². The zero-order valence-corrected chi connectivity index (χ0v) is 19.0. The van der Waals surface area contributed by atoms with Crippen molar-refractivity contribution >= 4 is 5.78 Å². The van der Waals surface area contributed by atoms with Crippen LogP contribution in [0, 0.1) is 0 Å². The van der Waals surface area contributed by atoms with E-state index in [2.05, 4.69) is 10.2 Å². The summed E-state index contributed by atoms with van der Waals surface area (Å²) in [7, 11) is 1.61. The van der Waals surface area contributed by atoms with Crippen LogP contribution in [-0.4, -0.2) is 74.9 Å². The monoisotopic (exact) mass is 442 g/mol. The zero-order chi connectivity index (χ0) is 22.8. The van der Waals surface area contributed by atoms with Crippen molar-refractivity contribution in [2.24, 2.45) is 0 Å². The maximum atomic E-state index is 12.6. The Bertz CT molecular complexity index is 836. The molecule has 0 amide bonds. The molecule has 174 valence electrons. The van der Waals surface area contributed by atoms with Gasteiger partial charge in [-0.25, -0.2) is 0 Å². The van der Waals surface area contributed by atoms with E-state index in [1.165, 1.54) is 0 Å². The maximum Gasteiger partial charge on any atom is 0.164 e. The predicted molar refractivity (Wildman–Crippen MR) is 124 cm³/mol. The molecule has 1 saturated heterocycles. The number of nitrogens with zero attached hydrogens (tertiary/aromatic N) is 1. The van der Waals surface area contributed by atoms with Gasteiger partial charge in [-0.2, -0.15) is 0 Å². The summed E-state index contributed by atoms with van der Waals surface area (Å²) in [6, 6.07) is 14.5. The lowest BCUT2D eigenvalue weighted by Gasteiger charge is -2.26. The van der Waals surface area contributed by atoms with E-state index in [4.69, 9.17) is 14.2 Å². The van der Waals surface area contributed by atoms with Crippen LogP contribution in [0.5, 0.6) is 11.5 Å². The first-order chi connectivity index (χ1) is 15.6. The molecule has 2 unspecified atom stereocenters. The number of rotatable bonds is 12. The van der Waals surface area contributed by atoms with E-state index in [1.807, 2.05) is 49.4 Å². The quantitative estimate of drug-likeness (QED) is 0.489. The van der Waals surface area contributed by atoms with Gasteiger partial charge in [0.25, 0.3) is 0 Å². The Morgan fingerprint density at radius 3 is 2.62 bits per heavy atom.